The van der Waals surface area contributed by atoms with Gasteiger partial charge in [0, 0.05) is 24.8 Å². The summed E-state index contributed by atoms with van der Waals surface area (Å²) in [5, 5.41) is 9.06. The number of nitriles is 1. The zero-order valence-corrected chi connectivity index (χ0v) is 11.6. The molecule has 1 saturated carbocycles. The third kappa shape index (κ3) is 2.99. The van der Waals surface area contributed by atoms with E-state index in [1.165, 1.54) is 0 Å². The van der Waals surface area contributed by atoms with Crippen molar-refractivity contribution in [3.8, 4) is 11.8 Å². The van der Waals surface area contributed by atoms with Crippen LogP contribution in [0.2, 0.25) is 0 Å². The molecule has 1 aliphatic carbocycles. The third-order valence-corrected chi connectivity index (χ3v) is 4.08. The van der Waals surface area contributed by atoms with E-state index in [0.717, 1.165) is 37.1 Å². The van der Waals surface area contributed by atoms with Crippen molar-refractivity contribution < 1.29 is 4.74 Å². The SMILES string of the molecule is COc1cccc(N(C)C2CCC(N)(C#N)CC2)c1. The van der Waals surface area contributed by atoms with Gasteiger partial charge in [0.05, 0.1) is 13.2 Å². The number of hydrogen-bond donors (Lipinski definition) is 1. The molecule has 1 aliphatic rings. The predicted octanol–water partition coefficient (Wildman–Crippen LogP) is 2.30. The summed E-state index contributed by atoms with van der Waals surface area (Å²) in [5.74, 6) is 0.866. The smallest absolute Gasteiger partial charge is 0.120 e. The van der Waals surface area contributed by atoms with Crippen molar-refractivity contribution in [3.05, 3.63) is 24.3 Å². The Morgan fingerprint density at radius 2 is 2.11 bits per heavy atom. The first-order valence-electron chi connectivity index (χ1n) is 6.65. The summed E-state index contributed by atoms with van der Waals surface area (Å²) in [5.41, 5.74) is 6.53. The zero-order chi connectivity index (χ0) is 13.9. The van der Waals surface area contributed by atoms with Gasteiger partial charge in [-0.25, -0.2) is 0 Å². The van der Waals surface area contributed by atoms with Crippen LogP contribution in [0.4, 0.5) is 5.69 Å². The molecular weight excluding hydrogens is 238 g/mol. The highest BCUT2D eigenvalue weighted by molar-refractivity contribution is 5.51. The Kier molecular flexibility index (Phi) is 3.96. The first-order valence-corrected chi connectivity index (χ1v) is 6.65. The highest BCUT2D eigenvalue weighted by Gasteiger charge is 2.33. The van der Waals surface area contributed by atoms with Crippen LogP contribution in [0.25, 0.3) is 0 Å². The van der Waals surface area contributed by atoms with Gasteiger partial charge in [-0.15, -0.1) is 0 Å². The Morgan fingerprint density at radius 1 is 1.42 bits per heavy atom. The zero-order valence-electron chi connectivity index (χ0n) is 11.6. The van der Waals surface area contributed by atoms with Gasteiger partial charge in [-0.3, -0.25) is 0 Å². The topological polar surface area (TPSA) is 62.3 Å². The van der Waals surface area contributed by atoms with Crippen LogP contribution in [0.15, 0.2) is 24.3 Å². The highest BCUT2D eigenvalue weighted by atomic mass is 16.5. The second kappa shape index (κ2) is 5.50. The summed E-state index contributed by atoms with van der Waals surface area (Å²) in [7, 11) is 3.77. The molecule has 2 rings (SSSR count). The van der Waals surface area contributed by atoms with Gasteiger partial charge in [-0.1, -0.05) is 6.07 Å². The molecule has 0 spiro atoms. The second-order valence-corrected chi connectivity index (χ2v) is 5.31. The molecule has 0 saturated heterocycles. The molecule has 4 nitrogen and oxygen atoms in total. The summed E-state index contributed by atoms with van der Waals surface area (Å²) >= 11 is 0. The molecule has 1 aromatic carbocycles. The number of hydrogen-bond acceptors (Lipinski definition) is 4. The maximum absolute atomic E-state index is 9.06. The molecule has 1 aromatic rings. The fourth-order valence-corrected chi connectivity index (χ4v) is 2.66. The van der Waals surface area contributed by atoms with Crippen LogP contribution in [0.1, 0.15) is 25.7 Å². The molecule has 0 aromatic heterocycles. The van der Waals surface area contributed by atoms with Crippen LogP contribution in [0.5, 0.6) is 5.75 Å². The van der Waals surface area contributed by atoms with Crippen molar-refractivity contribution in [1.82, 2.24) is 0 Å². The minimum absolute atomic E-state index is 0.442. The third-order valence-electron chi connectivity index (χ3n) is 4.08. The molecule has 0 atom stereocenters. The molecule has 0 unspecified atom stereocenters. The summed E-state index contributed by atoms with van der Waals surface area (Å²) in [6.07, 6.45) is 3.44. The molecule has 4 heteroatoms. The van der Waals surface area contributed by atoms with Gasteiger partial charge < -0.3 is 15.4 Å². The summed E-state index contributed by atoms with van der Waals surface area (Å²) in [4.78, 5) is 2.26. The first kappa shape index (κ1) is 13.7. The summed E-state index contributed by atoms with van der Waals surface area (Å²) in [6.45, 7) is 0. The van der Waals surface area contributed by atoms with Gasteiger partial charge >= 0.3 is 0 Å². The maximum atomic E-state index is 9.06. The van der Waals surface area contributed by atoms with Crippen molar-refractivity contribution in [2.24, 2.45) is 5.73 Å². The monoisotopic (exact) mass is 259 g/mol. The fourth-order valence-electron chi connectivity index (χ4n) is 2.66. The number of benzene rings is 1. The lowest BCUT2D eigenvalue weighted by Gasteiger charge is -2.38. The van der Waals surface area contributed by atoms with Crippen molar-refractivity contribution in [3.63, 3.8) is 0 Å². The maximum Gasteiger partial charge on any atom is 0.120 e. The quantitative estimate of drug-likeness (QED) is 0.904. The fraction of sp³-hybridized carbons (Fsp3) is 0.533. The average Bonchev–Trinajstić information content (AvgIpc) is 2.47. The minimum atomic E-state index is -0.619. The number of methoxy groups -OCH3 is 1. The molecule has 0 aliphatic heterocycles. The molecule has 102 valence electrons. The van der Waals surface area contributed by atoms with Crippen molar-refractivity contribution in [2.45, 2.75) is 37.3 Å². The van der Waals surface area contributed by atoms with E-state index in [9.17, 15) is 0 Å². The predicted molar refractivity (Wildman–Crippen MR) is 76.2 cm³/mol. The Balaban J connectivity index is 2.05. The largest absolute Gasteiger partial charge is 0.497 e. The van der Waals surface area contributed by atoms with Gasteiger partial charge in [-0.05, 0) is 37.8 Å². The van der Waals surface area contributed by atoms with Gasteiger partial charge in [-0.2, -0.15) is 5.26 Å². The normalized spacial score (nSPS) is 26.5. The lowest BCUT2D eigenvalue weighted by Crippen LogP contribution is -2.46. The van der Waals surface area contributed by atoms with E-state index >= 15 is 0 Å². The van der Waals surface area contributed by atoms with Gasteiger partial charge in [0.1, 0.15) is 11.3 Å². The Bertz CT molecular complexity index is 473. The minimum Gasteiger partial charge on any atom is -0.497 e. The van der Waals surface area contributed by atoms with Crippen LogP contribution in [0.3, 0.4) is 0 Å². The average molecular weight is 259 g/mol. The van der Waals surface area contributed by atoms with E-state index in [1.54, 1.807) is 7.11 Å². The number of rotatable bonds is 3. The van der Waals surface area contributed by atoms with Crippen LogP contribution >= 0.6 is 0 Å². The van der Waals surface area contributed by atoms with E-state index in [4.69, 9.17) is 15.7 Å². The first-order chi connectivity index (χ1) is 9.08. The molecule has 1 fully saturated rings. The van der Waals surface area contributed by atoms with Crippen molar-refractivity contribution >= 4 is 5.69 Å². The summed E-state index contributed by atoms with van der Waals surface area (Å²) < 4.78 is 5.25. The van der Waals surface area contributed by atoms with Crippen LogP contribution in [-0.4, -0.2) is 25.7 Å². The molecule has 0 heterocycles. The van der Waals surface area contributed by atoms with Gasteiger partial charge in [0.25, 0.3) is 0 Å². The lowest BCUT2D eigenvalue weighted by molar-refractivity contribution is 0.327. The van der Waals surface area contributed by atoms with Gasteiger partial charge in [0.2, 0.25) is 0 Å². The van der Waals surface area contributed by atoms with Crippen LogP contribution < -0.4 is 15.4 Å². The molecular formula is C15H21N3O. The molecule has 2 N–H and O–H groups in total. The van der Waals surface area contributed by atoms with E-state index in [0.29, 0.717) is 6.04 Å². The van der Waals surface area contributed by atoms with Crippen LogP contribution in [-0.2, 0) is 0 Å². The van der Waals surface area contributed by atoms with Crippen LogP contribution in [0, 0.1) is 11.3 Å². The Hall–Kier alpha value is -1.73. The van der Waals surface area contributed by atoms with E-state index in [1.807, 2.05) is 18.2 Å². The Labute approximate surface area is 114 Å². The van der Waals surface area contributed by atoms with Gasteiger partial charge in [0.15, 0.2) is 0 Å². The summed E-state index contributed by atoms with van der Waals surface area (Å²) in [6, 6.07) is 10.7. The highest BCUT2D eigenvalue weighted by Crippen LogP contribution is 2.31. The van der Waals surface area contributed by atoms with E-state index in [-0.39, 0.29) is 0 Å². The number of nitrogens with two attached hydrogens (primary N) is 1. The lowest BCUT2D eigenvalue weighted by atomic mass is 9.80. The van der Waals surface area contributed by atoms with E-state index in [2.05, 4.69) is 24.1 Å². The van der Waals surface area contributed by atoms with E-state index < -0.39 is 5.54 Å². The number of ether oxygens (including phenoxy) is 1. The molecule has 0 bridgehead atoms. The van der Waals surface area contributed by atoms with Crippen molar-refractivity contribution in [1.29, 1.82) is 5.26 Å². The number of anilines is 1. The second-order valence-electron chi connectivity index (χ2n) is 5.31. The van der Waals surface area contributed by atoms with Crippen molar-refractivity contribution in [2.75, 3.05) is 19.1 Å². The number of nitrogens with zero attached hydrogens (tertiary/aromatic N) is 2. The Morgan fingerprint density at radius 3 is 2.68 bits per heavy atom. The molecule has 0 amide bonds. The standard InChI is InChI=1S/C15H21N3O/c1-18(13-4-3-5-14(10-13)19-2)12-6-8-15(17,11-16)9-7-12/h3-5,10,12H,6-9,17H2,1-2H3. The molecule has 19 heavy (non-hydrogen) atoms. The molecule has 0 radical (unpaired) electrons.